The Labute approximate surface area is 139 Å². The van der Waals surface area contributed by atoms with Gasteiger partial charge in [0.2, 0.25) is 0 Å². The monoisotopic (exact) mass is 358 g/mol. The first-order valence-electron chi connectivity index (χ1n) is 6.45. The SMILES string of the molecule is Cc1ccc(/C=C\c2cccc(C(F)(F)P(=O)([O-])[O-])c2)cc1.[NH4+].[NH4+]. The summed E-state index contributed by atoms with van der Waals surface area (Å²) in [6.45, 7) is 1.95. The van der Waals surface area contributed by atoms with Crippen molar-refractivity contribution in [2.45, 2.75) is 12.6 Å². The number of hydrogen-bond donors (Lipinski definition) is 2. The third-order valence-electron chi connectivity index (χ3n) is 3.12. The Bertz CT molecular complexity index is 743. The average molecular weight is 358 g/mol. The minimum absolute atomic E-state index is 0. The zero-order chi connectivity index (χ0) is 16.4. The van der Waals surface area contributed by atoms with E-state index in [1.54, 1.807) is 18.2 Å². The van der Waals surface area contributed by atoms with Crippen LogP contribution in [0.2, 0.25) is 0 Å². The molecule has 132 valence electrons. The van der Waals surface area contributed by atoms with Gasteiger partial charge in [0.05, 0.1) is 0 Å². The summed E-state index contributed by atoms with van der Waals surface area (Å²) in [7, 11) is -6.05. The molecule has 0 aromatic heterocycles. The minimum atomic E-state index is -6.05. The zero-order valence-electron chi connectivity index (χ0n) is 13.7. The van der Waals surface area contributed by atoms with Gasteiger partial charge in [0, 0.05) is 13.2 Å². The summed E-state index contributed by atoms with van der Waals surface area (Å²) in [6.07, 6.45) is 3.29. The van der Waals surface area contributed by atoms with Gasteiger partial charge in [0.25, 0.3) is 5.66 Å². The lowest BCUT2D eigenvalue weighted by Gasteiger charge is -2.37. The van der Waals surface area contributed by atoms with Crippen molar-refractivity contribution in [1.29, 1.82) is 0 Å². The fourth-order valence-electron chi connectivity index (χ4n) is 1.86. The van der Waals surface area contributed by atoms with E-state index in [0.29, 0.717) is 5.56 Å². The minimum Gasteiger partial charge on any atom is -0.806 e. The molecule has 5 nitrogen and oxygen atoms in total. The molecule has 2 aromatic carbocycles. The number of aryl methyl sites for hydroxylation is 1. The van der Waals surface area contributed by atoms with Crippen LogP contribution in [0.4, 0.5) is 8.78 Å². The molecule has 0 saturated carbocycles. The van der Waals surface area contributed by atoms with Crippen molar-refractivity contribution in [3.05, 3.63) is 70.8 Å². The van der Waals surface area contributed by atoms with Crippen LogP contribution in [0.3, 0.4) is 0 Å². The molecule has 0 amide bonds. The van der Waals surface area contributed by atoms with Gasteiger partial charge in [-0.3, -0.25) is 0 Å². The Balaban J connectivity index is 0.00000264. The lowest BCUT2D eigenvalue weighted by Crippen LogP contribution is -2.29. The molecule has 0 saturated heterocycles. The third kappa shape index (κ3) is 5.06. The summed E-state index contributed by atoms with van der Waals surface area (Å²) >= 11 is 0. The van der Waals surface area contributed by atoms with Crippen LogP contribution in [0, 0.1) is 6.92 Å². The highest BCUT2D eigenvalue weighted by Gasteiger charge is 2.35. The Morgan fingerprint density at radius 1 is 0.958 bits per heavy atom. The standard InChI is InChI=1S/C16H15F2O3P.2H3N/c1-12-5-7-13(8-6-12)9-10-14-3-2-4-15(11-14)16(17,18)22(19,20)21;;/h2-11H,1H3,(H2,19,20,21);2*1H3/b10-9-;;. The van der Waals surface area contributed by atoms with Crippen LogP contribution in [0.1, 0.15) is 22.3 Å². The predicted molar refractivity (Wildman–Crippen MR) is 90.0 cm³/mol. The Morgan fingerprint density at radius 2 is 1.50 bits per heavy atom. The molecule has 0 radical (unpaired) electrons. The van der Waals surface area contributed by atoms with E-state index >= 15 is 0 Å². The van der Waals surface area contributed by atoms with E-state index in [1.807, 2.05) is 31.2 Å². The van der Waals surface area contributed by atoms with Crippen LogP contribution < -0.4 is 22.1 Å². The van der Waals surface area contributed by atoms with Gasteiger partial charge < -0.3 is 26.7 Å². The second-order valence-corrected chi connectivity index (χ2v) is 6.46. The number of benzene rings is 2. The summed E-state index contributed by atoms with van der Waals surface area (Å²) in [5.74, 6) is 0. The number of quaternary nitrogens is 2. The summed E-state index contributed by atoms with van der Waals surface area (Å²) < 4.78 is 37.8. The maximum Gasteiger partial charge on any atom is 0.296 e. The molecular formula is C16H21F2N2O3P. The van der Waals surface area contributed by atoms with Crippen molar-refractivity contribution >= 4 is 19.7 Å². The first-order chi connectivity index (χ1) is 10.2. The van der Waals surface area contributed by atoms with Crippen LogP contribution in [0.5, 0.6) is 0 Å². The molecule has 0 heterocycles. The fraction of sp³-hybridized carbons (Fsp3) is 0.125. The van der Waals surface area contributed by atoms with Crippen LogP contribution in [-0.4, -0.2) is 0 Å². The van der Waals surface area contributed by atoms with E-state index in [1.165, 1.54) is 6.07 Å². The number of rotatable bonds is 4. The number of alkyl halides is 2. The average Bonchev–Trinajstić information content (AvgIpc) is 2.46. The highest BCUT2D eigenvalue weighted by molar-refractivity contribution is 7.49. The second kappa shape index (κ2) is 8.28. The van der Waals surface area contributed by atoms with Crippen LogP contribution in [0.25, 0.3) is 12.2 Å². The van der Waals surface area contributed by atoms with Gasteiger partial charge in [-0.05, 0) is 24.1 Å². The van der Waals surface area contributed by atoms with Crippen LogP contribution in [-0.2, 0) is 10.2 Å². The van der Waals surface area contributed by atoms with Crippen molar-refractivity contribution in [2.24, 2.45) is 0 Å². The first kappa shape index (κ1) is 22.1. The summed E-state index contributed by atoms with van der Waals surface area (Å²) in [4.78, 5) is 21.4. The van der Waals surface area contributed by atoms with Gasteiger partial charge in [0.1, 0.15) is 0 Å². The Kier molecular flexibility index (Phi) is 7.63. The lowest BCUT2D eigenvalue weighted by molar-refractivity contribution is -0.335. The van der Waals surface area contributed by atoms with Crippen LogP contribution in [0.15, 0.2) is 48.5 Å². The molecule has 0 spiro atoms. The highest BCUT2D eigenvalue weighted by atomic mass is 31.2. The lowest BCUT2D eigenvalue weighted by atomic mass is 10.1. The molecule has 0 atom stereocenters. The van der Waals surface area contributed by atoms with Crippen LogP contribution >= 0.6 is 7.60 Å². The molecular weight excluding hydrogens is 337 g/mol. The van der Waals surface area contributed by atoms with Crippen molar-refractivity contribution < 1.29 is 23.1 Å². The molecule has 0 bridgehead atoms. The van der Waals surface area contributed by atoms with E-state index in [2.05, 4.69) is 0 Å². The van der Waals surface area contributed by atoms with Crippen molar-refractivity contribution in [3.8, 4) is 0 Å². The normalized spacial score (nSPS) is 11.7. The molecule has 0 aliphatic carbocycles. The molecule has 0 aliphatic rings. The number of hydrogen-bond acceptors (Lipinski definition) is 3. The van der Waals surface area contributed by atoms with Gasteiger partial charge in [-0.2, -0.15) is 8.78 Å². The second-order valence-electron chi connectivity index (χ2n) is 4.91. The predicted octanol–water partition coefficient (Wildman–Crippen LogP) is 3.88. The molecule has 8 N–H and O–H groups in total. The Hall–Kier alpha value is -1.89. The molecule has 0 unspecified atom stereocenters. The first-order valence-corrected chi connectivity index (χ1v) is 8.00. The molecule has 8 heteroatoms. The zero-order valence-corrected chi connectivity index (χ0v) is 14.6. The molecule has 0 fully saturated rings. The third-order valence-corrected chi connectivity index (χ3v) is 4.07. The summed E-state index contributed by atoms with van der Waals surface area (Å²) in [6, 6.07) is 12.3. The Morgan fingerprint density at radius 3 is 2.04 bits per heavy atom. The van der Waals surface area contributed by atoms with Gasteiger partial charge in [-0.1, -0.05) is 60.2 Å². The van der Waals surface area contributed by atoms with Gasteiger partial charge in [0.15, 0.2) is 0 Å². The van der Waals surface area contributed by atoms with Crippen molar-refractivity contribution in [3.63, 3.8) is 0 Å². The van der Waals surface area contributed by atoms with Crippen molar-refractivity contribution in [1.82, 2.24) is 12.3 Å². The topological polar surface area (TPSA) is 136 Å². The highest BCUT2D eigenvalue weighted by Crippen LogP contribution is 2.53. The quantitative estimate of drug-likeness (QED) is 0.633. The van der Waals surface area contributed by atoms with Crippen molar-refractivity contribution in [2.75, 3.05) is 0 Å². The van der Waals surface area contributed by atoms with E-state index in [-0.39, 0.29) is 12.3 Å². The number of halogens is 2. The van der Waals surface area contributed by atoms with E-state index < -0.39 is 18.8 Å². The molecule has 2 rings (SSSR count). The van der Waals surface area contributed by atoms with Gasteiger partial charge in [-0.15, -0.1) is 0 Å². The van der Waals surface area contributed by atoms with E-state index in [9.17, 15) is 23.1 Å². The molecule has 0 aliphatic heterocycles. The summed E-state index contributed by atoms with van der Waals surface area (Å²) in [5, 5.41) is 0. The van der Waals surface area contributed by atoms with E-state index in [0.717, 1.165) is 23.3 Å². The van der Waals surface area contributed by atoms with Gasteiger partial charge >= 0.3 is 0 Å². The fourth-order valence-corrected chi connectivity index (χ4v) is 2.31. The molecule has 24 heavy (non-hydrogen) atoms. The maximum atomic E-state index is 13.5. The van der Waals surface area contributed by atoms with E-state index in [4.69, 9.17) is 0 Å². The van der Waals surface area contributed by atoms with Gasteiger partial charge in [-0.25, -0.2) is 0 Å². The maximum absolute atomic E-state index is 13.5. The smallest absolute Gasteiger partial charge is 0.296 e. The summed E-state index contributed by atoms with van der Waals surface area (Å²) in [5.41, 5.74) is -2.89. The largest absolute Gasteiger partial charge is 0.806 e. The molecule has 2 aromatic rings.